The third-order valence-electron chi connectivity index (χ3n) is 5.77. The number of alkyl halides is 1. The molecule has 0 unspecified atom stereocenters. The molecule has 2 aromatic carbocycles. The lowest BCUT2D eigenvalue weighted by molar-refractivity contribution is -0.124. The predicted molar refractivity (Wildman–Crippen MR) is 104 cm³/mol. The molecule has 0 radical (unpaired) electrons. The summed E-state index contributed by atoms with van der Waals surface area (Å²) in [4.78, 5) is 26.5. The first kappa shape index (κ1) is 18.8. The van der Waals surface area contributed by atoms with Crippen molar-refractivity contribution in [2.24, 2.45) is 0 Å². The van der Waals surface area contributed by atoms with Gasteiger partial charge in [0.2, 0.25) is 0 Å². The van der Waals surface area contributed by atoms with Gasteiger partial charge in [-0.1, -0.05) is 19.1 Å². The van der Waals surface area contributed by atoms with Crippen LogP contribution in [0.3, 0.4) is 0 Å². The van der Waals surface area contributed by atoms with Crippen LogP contribution >= 0.6 is 0 Å². The van der Waals surface area contributed by atoms with Crippen molar-refractivity contribution in [2.75, 3.05) is 11.4 Å². The summed E-state index contributed by atoms with van der Waals surface area (Å²) < 4.78 is 27.3. The maximum Gasteiger partial charge on any atom is 0.264 e. The molecule has 3 nitrogen and oxygen atoms in total. The van der Waals surface area contributed by atoms with E-state index in [-0.39, 0.29) is 17.5 Å². The van der Waals surface area contributed by atoms with E-state index in [1.165, 1.54) is 24.3 Å². The van der Waals surface area contributed by atoms with Crippen molar-refractivity contribution in [1.29, 1.82) is 0 Å². The van der Waals surface area contributed by atoms with Gasteiger partial charge in [0, 0.05) is 24.2 Å². The summed E-state index contributed by atoms with van der Waals surface area (Å²) in [6, 6.07) is 11.4. The maximum absolute atomic E-state index is 14.3. The molecule has 28 heavy (non-hydrogen) atoms. The Hall–Kier alpha value is -2.56. The molecule has 146 valence electrons. The molecule has 1 amide bonds. The normalized spacial score (nSPS) is 18.3. The number of Topliss-reactive ketones (excluding diaryl/α,β-unsaturated/α-hetero) is 1. The molecule has 0 N–H and O–H groups in total. The summed E-state index contributed by atoms with van der Waals surface area (Å²) in [5.74, 6) is -0.819. The Bertz CT molecular complexity index is 919. The summed E-state index contributed by atoms with van der Waals surface area (Å²) in [6.07, 6.45) is 2.60. The molecular weight excluding hydrogens is 360 g/mol. The van der Waals surface area contributed by atoms with Crippen molar-refractivity contribution in [3.8, 4) is 0 Å². The van der Waals surface area contributed by atoms with Gasteiger partial charge in [0.1, 0.15) is 5.82 Å². The van der Waals surface area contributed by atoms with Crippen LogP contribution in [0.2, 0.25) is 0 Å². The first-order valence-corrected chi connectivity index (χ1v) is 9.80. The van der Waals surface area contributed by atoms with Crippen LogP contribution in [0.4, 0.5) is 14.5 Å². The molecule has 0 saturated heterocycles. The standard InChI is InChI=1S/C23H23F2NO2/c1-15(13-21(27)16-4-7-19(24)8-5-16)17-6-9-20-18(14-17)3-2-12-26(20)22(28)23(25)10-11-23/h4-9,14-15H,2-3,10-13H2,1H3/t15-/m0/s1. The highest BCUT2D eigenvalue weighted by molar-refractivity contribution is 6.02. The van der Waals surface area contributed by atoms with Gasteiger partial charge in [-0.15, -0.1) is 0 Å². The molecule has 2 aliphatic rings. The van der Waals surface area contributed by atoms with Gasteiger partial charge >= 0.3 is 0 Å². The van der Waals surface area contributed by atoms with E-state index in [9.17, 15) is 18.4 Å². The van der Waals surface area contributed by atoms with E-state index >= 15 is 0 Å². The zero-order valence-electron chi connectivity index (χ0n) is 15.9. The van der Waals surface area contributed by atoms with Crippen LogP contribution in [-0.4, -0.2) is 23.9 Å². The number of carbonyl (C=O) groups excluding carboxylic acids is 2. The molecule has 1 heterocycles. The number of anilines is 1. The van der Waals surface area contributed by atoms with E-state index < -0.39 is 11.6 Å². The minimum absolute atomic E-state index is 0.00937. The lowest BCUT2D eigenvalue weighted by Gasteiger charge is -2.31. The number of fused-ring (bicyclic) bond motifs is 1. The summed E-state index contributed by atoms with van der Waals surface area (Å²) in [5, 5.41) is 0. The molecular formula is C23H23F2NO2. The van der Waals surface area contributed by atoms with E-state index in [0.717, 1.165) is 29.7 Å². The Morgan fingerprint density at radius 1 is 1.14 bits per heavy atom. The molecule has 4 rings (SSSR count). The monoisotopic (exact) mass is 383 g/mol. The largest absolute Gasteiger partial charge is 0.309 e. The molecule has 1 aliphatic heterocycles. The molecule has 0 bridgehead atoms. The lowest BCUT2D eigenvalue weighted by Crippen LogP contribution is -2.41. The second-order valence-corrected chi connectivity index (χ2v) is 7.95. The molecule has 2 aromatic rings. The number of ketones is 1. The molecule has 0 aromatic heterocycles. The van der Waals surface area contributed by atoms with Crippen LogP contribution in [0, 0.1) is 5.82 Å². The van der Waals surface area contributed by atoms with E-state index in [0.29, 0.717) is 31.4 Å². The predicted octanol–water partition coefficient (Wildman–Crippen LogP) is 4.98. The van der Waals surface area contributed by atoms with E-state index in [4.69, 9.17) is 0 Å². The fourth-order valence-electron chi connectivity index (χ4n) is 3.85. The number of aryl methyl sites for hydroxylation is 1. The van der Waals surface area contributed by atoms with Crippen LogP contribution in [0.5, 0.6) is 0 Å². The van der Waals surface area contributed by atoms with Crippen LogP contribution in [0.1, 0.15) is 60.0 Å². The number of amides is 1. The van der Waals surface area contributed by atoms with Gasteiger partial charge in [-0.25, -0.2) is 8.78 Å². The minimum atomic E-state index is -1.66. The van der Waals surface area contributed by atoms with Crippen LogP contribution < -0.4 is 4.90 Å². The van der Waals surface area contributed by atoms with Gasteiger partial charge in [0.15, 0.2) is 11.5 Å². The minimum Gasteiger partial charge on any atom is -0.309 e. The van der Waals surface area contributed by atoms with Gasteiger partial charge in [-0.3, -0.25) is 9.59 Å². The molecule has 1 aliphatic carbocycles. The quantitative estimate of drug-likeness (QED) is 0.683. The molecule has 0 spiro atoms. The Labute approximate surface area is 163 Å². The second-order valence-electron chi connectivity index (χ2n) is 7.95. The average Bonchev–Trinajstić information content (AvgIpc) is 3.45. The summed E-state index contributed by atoms with van der Waals surface area (Å²) >= 11 is 0. The number of nitrogens with zero attached hydrogens (tertiary/aromatic N) is 1. The topological polar surface area (TPSA) is 37.4 Å². The Morgan fingerprint density at radius 2 is 1.86 bits per heavy atom. The van der Waals surface area contributed by atoms with Crippen molar-refractivity contribution in [1.82, 2.24) is 0 Å². The van der Waals surface area contributed by atoms with Gasteiger partial charge in [0.05, 0.1) is 0 Å². The van der Waals surface area contributed by atoms with Crippen LogP contribution in [0.15, 0.2) is 42.5 Å². The Kier molecular flexibility index (Phi) is 4.77. The van der Waals surface area contributed by atoms with Crippen molar-refractivity contribution in [2.45, 2.75) is 50.6 Å². The summed E-state index contributed by atoms with van der Waals surface area (Å²) in [7, 11) is 0. The third kappa shape index (κ3) is 3.58. The van der Waals surface area contributed by atoms with Crippen molar-refractivity contribution in [3.05, 3.63) is 65.0 Å². The maximum atomic E-state index is 14.3. The van der Waals surface area contributed by atoms with E-state index in [2.05, 4.69) is 0 Å². The van der Waals surface area contributed by atoms with Gasteiger partial charge in [-0.2, -0.15) is 0 Å². The van der Waals surface area contributed by atoms with Crippen molar-refractivity contribution >= 4 is 17.4 Å². The number of hydrogen-bond donors (Lipinski definition) is 0. The number of rotatable bonds is 5. The Balaban J connectivity index is 1.51. The number of halogens is 2. The number of benzene rings is 2. The Morgan fingerprint density at radius 3 is 2.54 bits per heavy atom. The number of carbonyl (C=O) groups is 2. The highest BCUT2D eigenvalue weighted by atomic mass is 19.1. The van der Waals surface area contributed by atoms with E-state index in [1.54, 1.807) is 4.90 Å². The van der Waals surface area contributed by atoms with Gasteiger partial charge in [-0.05, 0) is 73.1 Å². The smallest absolute Gasteiger partial charge is 0.264 e. The summed E-state index contributed by atoms with van der Waals surface area (Å²) in [6.45, 7) is 2.53. The molecule has 5 heteroatoms. The van der Waals surface area contributed by atoms with E-state index in [1.807, 2.05) is 25.1 Å². The first-order valence-electron chi connectivity index (χ1n) is 9.80. The fraction of sp³-hybridized carbons (Fsp3) is 0.391. The number of hydrogen-bond acceptors (Lipinski definition) is 2. The average molecular weight is 383 g/mol. The van der Waals surface area contributed by atoms with Gasteiger partial charge in [0.25, 0.3) is 5.91 Å². The molecule has 1 atom stereocenters. The summed E-state index contributed by atoms with van der Waals surface area (Å²) in [5.41, 5.74) is 1.68. The first-order chi connectivity index (χ1) is 13.4. The van der Waals surface area contributed by atoms with Crippen LogP contribution in [-0.2, 0) is 11.2 Å². The van der Waals surface area contributed by atoms with Gasteiger partial charge < -0.3 is 4.90 Å². The van der Waals surface area contributed by atoms with Crippen molar-refractivity contribution < 1.29 is 18.4 Å². The lowest BCUT2D eigenvalue weighted by atomic mass is 9.90. The zero-order valence-corrected chi connectivity index (χ0v) is 15.9. The molecule has 1 fully saturated rings. The highest BCUT2D eigenvalue weighted by Gasteiger charge is 2.53. The highest BCUT2D eigenvalue weighted by Crippen LogP contribution is 2.43. The SMILES string of the molecule is C[C@@H](CC(=O)c1ccc(F)cc1)c1ccc2c(c1)CCCN2C(=O)C1(F)CC1. The second kappa shape index (κ2) is 7.12. The van der Waals surface area contributed by atoms with Crippen molar-refractivity contribution in [3.63, 3.8) is 0 Å². The molecule has 1 saturated carbocycles. The zero-order chi connectivity index (χ0) is 19.9. The third-order valence-corrected chi connectivity index (χ3v) is 5.77. The fourth-order valence-corrected chi connectivity index (χ4v) is 3.85. The van der Waals surface area contributed by atoms with Crippen LogP contribution in [0.25, 0.3) is 0 Å².